The molecule has 0 unspecified atom stereocenters. The van der Waals surface area contributed by atoms with Gasteiger partial charge in [0.25, 0.3) is 11.1 Å². The molecule has 0 radical (unpaired) electrons. The normalized spacial score (nSPS) is 14.6. The number of imide groups is 1. The fourth-order valence-electron chi connectivity index (χ4n) is 3.42. The zero-order valence-electron chi connectivity index (χ0n) is 18.9. The Hall–Kier alpha value is -2.52. The number of hydrogen-bond acceptors (Lipinski definition) is 5. The van der Waals surface area contributed by atoms with Gasteiger partial charge in [0.1, 0.15) is 12.4 Å². The van der Waals surface area contributed by atoms with Crippen LogP contribution < -0.4 is 9.47 Å². The van der Waals surface area contributed by atoms with Gasteiger partial charge in [-0.3, -0.25) is 14.5 Å². The lowest BCUT2D eigenvalue weighted by atomic mass is 10.1. The van der Waals surface area contributed by atoms with Gasteiger partial charge < -0.3 is 9.47 Å². The summed E-state index contributed by atoms with van der Waals surface area (Å²) < 4.78 is 25.8. The SMILES string of the molecule is CCOc1cc(/C=C2\SC(=O)N(Cc3ccc(F)cc3Cl)C2=O)cc(Br)c1OCc1ccc(Cl)cc1. The number of benzene rings is 3. The quantitative estimate of drug-likeness (QED) is 0.241. The second kappa shape index (κ2) is 11.7. The van der Waals surface area contributed by atoms with Crippen LogP contribution in [-0.2, 0) is 17.9 Å². The van der Waals surface area contributed by atoms with E-state index in [9.17, 15) is 14.0 Å². The van der Waals surface area contributed by atoms with Crippen LogP contribution in [0.3, 0.4) is 0 Å². The van der Waals surface area contributed by atoms with Gasteiger partial charge in [-0.1, -0.05) is 41.4 Å². The monoisotopic (exact) mass is 609 g/mol. The van der Waals surface area contributed by atoms with E-state index in [1.165, 1.54) is 12.1 Å². The zero-order chi connectivity index (χ0) is 25.8. The van der Waals surface area contributed by atoms with Crippen molar-refractivity contribution >= 4 is 68.1 Å². The van der Waals surface area contributed by atoms with E-state index in [4.69, 9.17) is 32.7 Å². The fraction of sp³-hybridized carbons (Fsp3) is 0.154. The zero-order valence-corrected chi connectivity index (χ0v) is 22.8. The first-order chi connectivity index (χ1) is 17.2. The molecule has 5 nitrogen and oxygen atoms in total. The third-order valence-corrected chi connectivity index (χ3v) is 7.24. The lowest BCUT2D eigenvalue weighted by Crippen LogP contribution is -2.27. The van der Waals surface area contributed by atoms with Gasteiger partial charge in [-0.15, -0.1) is 0 Å². The average molecular weight is 611 g/mol. The molecule has 1 saturated heterocycles. The van der Waals surface area contributed by atoms with Crippen LogP contribution >= 0.6 is 50.9 Å². The van der Waals surface area contributed by atoms with Gasteiger partial charge in [0.15, 0.2) is 11.5 Å². The van der Waals surface area contributed by atoms with E-state index in [0.29, 0.717) is 45.3 Å². The maximum absolute atomic E-state index is 13.3. The third kappa shape index (κ3) is 6.24. The lowest BCUT2D eigenvalue weighted by Gasteiger charge is -2.15. The molecule has 1 aliphatic heterocycles. The molecule has 3 aromatic carbocycles. The molecule has 186 valence electrons. The Morgan fingerprint density at radius 2 is 1.81 bits per heavy atom. The van der Waals surface area contributed by atoms with Crippen molar-refractivity contribution in [3.8, 4) is 11.5 Å². The first kappa shape index (κ1) is 26.5. The van der Waals surface area contributed by atoms with Gasteiger partial charge in [-0.2, -0.15) is 0 Å². The topological polar surface area (TPSA) is 55.8 Å². The Kier molecular flexibility index (Phi) is 8.62. The number of ether oxygens (including phenoxy) is 2. The van der Waals surface area contributed by atoms with E-state index >= 15 is 0 Å². The van der Waals surface area contributed by atoms with E-state index in [2.05, 4.69) is 15.9 Å². The predicted octanol–water partition coefficient (Wildman–Crippen LogP) is 8.11. The summed E-state index contributed by atoms with van der Waals surface area (Å²) in [5.74, 6) is 0.0593. The van der Waals surface area contributed by atoms with Crippen molar-refractivity contribution in [1.82, 2.24) is 4.90 Å². The highest BCUT2D eigenvalue weighted by Crippen LogP contribution is 2.40. The number of hydrogen-bond donors (Lipinski definition) is 0. The second-order valence-corrected chi connectivity index (χ2v) is 10.4. The summed E-state index contributed by atoms with van der Waals surface area (Å²) in [6.45, 7) is 2.52. The first-order valence-corrected chi connectivity index (χ1v) is 13.1. The molecule has 0 spiro atoms. The fourth-order valence-corrected chi connectivity index (χ4v) is 5.18. The Morgan fingerprint density at radius 3 is 2.50 bits per heavy atom. The Labute approximate surface area is 230 Å². The molecule has 1 heterocycles. The highest BCUT2D eigenvalue weighted by Gasteiger charge is 2.35. The number of carbonyl (C=O) groups is 2. The molecule has 0 atom stereocenters. The summed E-state index contributed by atoms with van der Waals surface area (Å²) in [5.41, 5.74) is 2.06. The van der Waals surface area contributed by atoms with Gasteiger partial charge in [0.2, 0.25) is 0 Å². The van der Waals surface area contributed by atoms with Crippen LogP contribution in [0.1, 0.15) is 23.6 Å². The van der Waals surface area contributed by atoms with Crippen molar-refractivity contribution in [1.29, 1.82) is 0 Å². The molecular weight excluding hydrogens is 592 g/mol. The molecule has 2 amide bonds. The maximum Gasteiger partial charge on any atom is 0.293 e. The van der Waals surface area contributed by atoms with Crippen LogP contribution in [0, 0.1) is 5.82 Å². The van der Waals surface area contributed by atoms with E-state index in [0.717, 1.165) is 28.3 Å². The first-order valence-electron chi connectivity index (χ1n) is 10.8. The van der Waals surface area contributed by atoms with E-state index < -0.39 is 17.0 Å². The number of halogens is 4. The number of rotatable bonds is 8. The summed E-state index contributed by atoms with van der Waals surface area (Å²) in [5, 5.41) is 0.362. The van der Waals surface area contributed by atoms with E-state index in [-0.39, 0.29) is 16.5 Å². The summed E-state index contributed by atoms with van der Waals surface area (Å²) >= 11 is 16.4. The number of nitrogens with zero attached hydrogens (tertiary/aromatic N) is 1. The lowest BCUT2D eigenvalue weighted by molar-refractivity contribution is -0.123. The minimum absolute atomic E-state index is 0.0491. The van der Waals surface area contributed by atoms with Gasteiger partial charge in [-0.25, -0.2) is 4.39 Å². The van der Waals surface area contributed by atoms with Crippen molar-refractivity contribution in [2.45, 2.75) is 20.1 Å². The summed E-state index contributed by atoms with van der Waals surface area (Å²) in [7, 11) is 0. The van der Waals surface area contributed by atoms with Crippen LogP contribution in [-0.4, -0.2) is 22.7 Å². The van der Waals surface area contributed by atoms with E-state index in [1.54, 1.807) is 30.3 Å². The molecule has 0 aliphatic carbocycles. The van der Waals surface area contributed by atoms with Gasteiger partial charge >= 0.3 is 0 Å². The van der Waals surface area contributed by atoms with E-state index in [1.807, 2.05) is 19.1 Å². The molecule has 3 aromatic rings. The van der Waals surface area contributed by atoms with Gasteiger partial charge in [0, 0.05) is 10.0 Å². The molecule has 36 heavy (non-hydrogen) atoms. The molecule has 0 saturated carbocycles. The second-order valence-electron chi connectivity index (χ2n) is 7.68. The predicted molar refractivity (Wildman–Crippen MR) is 144 cm³/mol. The molecular formula is C26H19BrCl2FNO4S. The smallest absolute Gasteiger partial charge is 0.293 e. The summed E-state index contributed by atoms with van der Waals surface area (Å²) in [4.78, 5) is 26.9. The highest BCUT2D eigenvalue weighted by molar-refractivity contribution is 9.10. The molecule has 10 heteroatoms. The van der Waals surface area contributed by atoms with Crippen LogP contribution in [0.15, 0.2) is 64.0 Å². The largest absolute Gasteiger partial charge is 0.490 e. The molecule has 1 fully saturated rings. The average Bonchev–Trinajstić information content (AvgIpc) is 3.08. The molecule has 1 aliphatic rings. The summed E-state index contributed by atoms with van der Waals surface area (Å²) in [6, 6.07) is 14.7. The number of thioether (sulfide) groups is 1. The van der Waals surface area contributed by atoms with Crippen molar-refractivity contribution < 1.29 is 23.5 Å². The third-order valence-electron chi connectivity index (χ3n) is 5.14. The van der Waals surface area contributed by atoms with Crippen molar-refractivity contribution in [2.75, 3.05) is 6.61 Å². The van der Waals surface area contributed by atoms with Crippen LogP contribution in [0.4, 0.5) is 9.18 Å². The Morgan fingerprint density at radius 1 is 1.06 bits per heavy atom. The number of amides is 2. The van der Waals surface area contributed by atoms with Crippen molar-refractivity contribution in [2.24, 2.45) is 0 Å². The Bertz CT molecular complexity index is 1350. The highest BCUT2D eigenvalue weighted by atomic mass is 79.9. The van der Waals surface area contributed by atoms with Crippen LogP contribution in [0.2, 0.25) is 10.0 Å². The van der Waals surface area contributed by atoms with Gasteiger partial charge in [0.05, 0.1) is 22.5 Å². The molecule has 0 N–H and O–H groups in total. The Balaban J connectivity index is 1.55. The van der Waals surface area contributed by atoms with Gasteiger partial charge in [-0.05, 0) is 93.8 Å². The number of carbonyl (C=O) groups excluding carboxylic acids is 2. The van der Waals surface area contributed by atoms with Crippen LogP contribution in [0.5, 0.6) is 11.5 Å². The molecule has 0 aromatic heterocycles. The molecule has 4 rings (SSSR count). The van der Waals surface area contributed by atoms with Crippen molar-refractivity contribution in [3.63, 3.8) is 0 Å². The van der Waals surface area contributed by atoms with Crippen LogP contribution in [0.25, 0.3) is 6.08 Å². The minimum atomic E-state index is -0.492. The molecule has 0 bridgehead atoms. The van der Waals surface area contributed by atoms with Crippen molar-refractivity contribution in [3.05, 3.63) is 96.5 Å². The standard InChI is InChI=1S/C26H19BrCl2FNO4S/c1-2-34-22-10-16(9-20(27)24(22)35-14-15-3-6-18(28)7-4-15)11-23-25(32)31(26(33)36-23)13-17-5-8-19(30)12-21(17)29/h3-12H,2,13-14H2,1H3/b23-11-. The summed E-state index contributed by atoms with van der Waals surface area (Å²) in [6.07, 6.45) is 1.62. The maximum atomic E-state index is 13.3. The minimum Gasteiger partial charge on any atom is -0.490 e.